The summed E-state index contributed by atoms with van der Waals surface area (Å²) in [7, 11) is 0. The van der Waals surface area contributed by atoms with Gasteiger partial charge in [-0.2, -0.15) is 0 Å². The second kappa shape index (κ2) is 29.0. The van der Waals surface area contributed by atoms with Crippen molar-refractivity contribution in [3.63, 3.8) is 0 Å². The average molecular weight is 749 g/mol. The molecule has 54 heavy (non-hydrogen) atoms. The SMILES string of the molecule is C=C(O[O-])C(NC1NC(NCC(O)CO)NC(NC2CCC(NC3NC(NCC(O)CO)NC(NC(CC(=O)[O-])C(=O)[O-])N3)CC2)N1)C(=O)[O-].[Li+].[Li+].[Li+].[Li+]. The van der Waals surface area contributed by atoms with Gasteiger partial charge in [0.25, 0.3) is 0 Å². The van der Waals surface area contributed by atoms with Gasteiger partial charge in [-0.1, -0.05) is 6.58 Å². The second-order valence-electron chi connectivity index (χ2n) is 12.1. The number of aliphatic carboxylic acids is 3. The first-order valence-electron chi connectivity index (χ1n) is 16.0. The summed E-state index contributed by atoms with van der Waals surface area (Å²) in [6.07, 6.45) is -4.88. The van der Waals surface area contributed by atoms with E-state index in [4.69, 9.17) is 10.2 Å². The molecule has 16 N–H and O–H groups in total. The van der Waals surface area contributed by atoms with E-state index >= 15 is 0 Å². The maximum absolute atomic E-state index is 11.6. The van der Waals surface area contributed by atoms with Crippen LogP contribution in [0.2, 0.25) is 0 Å². The van der Waals surface area contributed by atoms with E-state index in [1.807, 2.05) is 0 Å². The number of aliphatic hydroxyl groups is 4. The van der Waals surface area contributed by atoms with E-state index < -0.39 is 105 Å². The van der Waals surface area contributed by atoms with Crippen molar-refractivity contribution in [2.24, 2.45) is 0 Å². The van der Waals surface area contributed by atoms with Crippen molar-refractivity contribution in [2.45, 2.75) is 106 Å². The van der Waals surface area contributed by atoms with Crippen LogP contribution >= 0.6 is 0 Å². The zero-order chi connectivity index (χ0) is 36.8. The Morgan fingerprint density at radius 2 is 1.06 bits per heavy atom. The maximum Gasteiger partial charge on any atom is 1.00 e. The summed E-state index contributed by atoms with van der Waals surface area (Å²) in [5.74, 6) is -5.50. The van der Waals surface area contributed by atoms with Crippen LogP contribution in [0.5, 0.6) is 0 Å². The standard InChI is InChI=1S/C26H52N12O12.4Li/c1-11(50-49)18(20(47)48)32-26-36-22(28-8-15(42)10-40)34-24(38-26)30-13-4-2-12(3-5-13)29-23-33-21(27-7-14(41)9-39)35-25(37-23)31-16(19(45)46)6-17(43)44;;;;/h12-16,18,21-42,49H,1-10H2,(H,43,44)(H,45,46)(H,47,48);;;;/q;4*+1/p-4. The third-order valence-electron chi connectivity index (χ3n) is 8.09. The molecule has 3 aliphatic rings. The Kier molecular flexibility index (Phi) is 29.9. The van der Waals surface area contributed by atoms with Gasteiger partial charge < -0.3 is 60.3 Å². The van der Waals surface area contributed by atoms with Crippen LogP contribution < -0.4 is 160 Å². The van der Waals surface area contributed by atoms with E-state index in [-0.39, 0.29) is 101 Å². The summed E-state index contributed by atoms with van der Waals surface area (Å²) in [5.41, 5.74) is 0. The number of hydrogen-bond donors (Lipinski definition) is 16. The number of aliphatic hydroxyl groups excluding tert-OH is 4. The largest absolute Gasteiger partial charge is 1.00 e. The molecule has 2 aliphatic heterocycles. The molecule has 10 atom stereocenters. The van der Waals surface area contributed by atoms with Crippen molar-refractivity contribution in [3.05, 3.63) is 12.3 Å². The first-order chi connectivity index (χ1) is 23.8. The smallest absolute Gasteiger partial charge is 0.664 e. The van der Waals surface area contributed by atoms with Crippen LogP contribution in [-0.2, 0) is 19.3 Å². The molecule has 2 saturated heterocycles. The summed E-state index contributed by atoms with van der Waals surface area (Å²) < 4.78 is 0. The van der Waals surface area contributed by atoms with Gasteiger partial charge in [0.15, 0.2) is 0 Å². The molecule has 0 spiro atoms. The van der Waals surface area contributed by atoms with Gasteiger partial charge in [-0.15, -0.1) is 0 Å². The molecule has 1 aliphatic carbocycles. The molecule has 288 valence electrons. The van der Waals surface area contributed by atoms with Crippen molar-refractivity contribution >= 4 is 17.9 Å². The first kappa shape index (κ1) is 55.8. The number of carboxylic acid groups (broad SMARTS) is 3. The Morgan fingerprint density at radius 1 is 0.667 bits per heavy atom. The summed E-state index contributed by atoms with van der Waals surface area (Å²) in [6, 6.07) is -3.33. The minimum absolute atomic E-state index is 0. The molecule has 0 amide bonds. The van der Waals surface area contributed by atoms with Gasteiger partial charge in [-0.05, 0) is 25.7 Å². The average Bonchev–Trinajstić information content (AvgIpc) is 3.08. The molecule has 24 nitrogen and oxygen atoms in total. The van der Waals surface area contributed by atoms with Gasteiger partial charge in [0.2, 0.25) is 0 Å². The Balaban J connectivity index is 0. The molecule has 2 heterocycles. The number of carboxylic acids is 3. The molecular formula is C26H48Li4N12O12. The van der Waals surface area contributed by atoms with Crippen LogP contribution in [0.25, 0.3) is 0 Å². The Hall–Kier alpha value is -0.340. The molecule has 0 bridgehead atoms. The number of nitrogens with one attached hydrogen (secondary N) is 12. The summed E-state index contributed by atoms with van der Waals surface area (Å²) in [5, 5.41) is 119. The molecule has 0 aromatic carbocycles. The first-order valence-corrected chi connectivity index (χ1v) is 16.0. The van der Waals surface area contributed by atoms with Gasteiger partial charge in [0, 0.05) is 37.6 Å². The van der Waals surface area contributed by atoms with Gasteiger partial charge in [0.05, 0.1) is 43.4 Å². The number of rotatable bonds is 22. The zero-order valence-electron chi connectivity index (χ0n) is 31.1. The number of carbonyl (C=O) groups excluding carboxylic acids is 3. The van der Waals surface area contributed by atoms with Gasteiger partial charge in [-0.3, -0.25) is 63.8 Å². The third-order valence-corrected chi connectivity index (χ3v) is 8.09. The molecular weight excluding hydrogens is 700 g/mol. The van der Waals surface area contributed by atoms with Crippen LogP contribution in [0.4, 0.5) is 0 Å². The van der Waals surface area contributed by atoms with Gasteiger partial charge in [0.1, 0.15) is 49.5 Å². The van der Waals surface area contributed by atoms with E-state index in [1.54, 1.807) is 0 Å². The predicted octanol–water partition coefficient (Wildman–Crippen LogP) is -25.0. The molecule has 3 fully saturated rings. The van der Waals surface area contributed by atoms with Crippen LogP contribution in [-0.4, -0.2) is 139 Å². The molecule has 28 heteroatoms. The Labute approximate surface area is 360 Å². The molecule has 10 unspecified atom stereocenters. The number of carbonyl (C=O) groups is 3. The van der Waals surface area contributed by atoms with E-state index in [0.29, 0.717) is 25.7 Å². The van der Waals surface area contributed by atoms with Crippen molar-refractivity contribution in [1.29, 1.82) is 0 Å². The topological polar surface area (TPSA) is 378 Å². The fourth-order valence-corrected chi connectivity index (χ4v) is 5.53. The Bertz CT molecular complexity index is 1110. The number of hydrogen-bond acceptors (Lipinski definition) is 24. The molecule has 1 saturated carbocycles. The van der Waals surface area contributed by atoms with Crippen LogP contribution in [0.1, 0.15) is 32.1 Å². The fourth-order valence-electron chi connectivity index (χ4n) is 5.53. The van der Waals surface area contributed by atoms with Crippen LogP contribution in [0, 0.1) is 0 Å². The van der Waals surface area contributed by atoms with Crippen LogP contribution in [0.3, 0.4) is 0 Å². The van der Waals surface area contributed by atoms with Crippen molar-refractivity contribution in [3.8, 4) is 0 Å². The van der Waals surface area contributed by atoms with E-state index in [1.165, 1.54) is 0 Å². The van der Waals surface area contributed by atoms with Crippen molar-refractivity contribution < 1.29 is 136 Å². The summed E-state index contributed by atoms with van der Waals surface area (Å²) in [4.78, 5) is 37.9. The monoisotopic (exact) mass is 748 g/mol. The molecule has 0 radical (unpaired) electrons. The summed E-state index contributed by atoms with van der Waals surface area (Å²) in [6.45, 7) is 2.27. The fraction of sp³-hybridized carbons (Fsp3) is 0.808. The van der Waals surface area contributed by atoms with E-state index in [9.17, 15) is 45.2 Å². The van der Waals surface area contributed by atoms with Gasteiger partial charge >= 0.3 is 75.4 Å². The van der Waals surface area contributed by atoms with Crippen molar-refractivity contribution in [2.75, 3.05) is 26.3 Å². The maximum atomic E-state index is 11.6. The second-order valence-corrected chi connectivity index (χ2v) is 12.1. The molecule has 0 aromatic rings. The molecule has 0 aromatic heterocycles. The predicted molar refractivity (Wildman–Crippen MR) is 160 cm³/mol. The Morgan fingerprint density at radius 3 is 1.41 bits per heavy atom. The third kappa shape index (κ3) is 19.9. The van der Waals surface area contributed by atoms with Crippen molar-refractivity contribution in [1.82, 2.24) is 63.8 Å². The minimum atomic E-state index is -1.66. The van der Waals surface area contributed by atoms with E-state index in [2.05, 4.69) is 75.3 Å². The quantitative estimate of drug-likeness (QED) is 0.0211. The zero-order valence-corrected chi connectivity index (χ0v) is 31.1. The summed E-state index contributed by atoms with van der Waals surface area (Å²) >= 11 is 0. The van der Waals surface area contributed by atoms with Gasteiger partial charge in [-0.25, -0.2) is 0 Å². The van der Waals surface area contributed by atoms with E-state index in [0.717, 1.165) is 0 Å². The molecule has 3 rings (SSSR count). The normalized spacial score (nSPS) is 28.9. The van der Waals surface area contributed by atoms with Crippen LogP contribution in [0.15, 0.2) is 12.3 Å². The minimum Gasteiger partial charge on any atom is -0.664 e.